The summed E-state index contributed by atoms with van der Waals surface area (Å²) in [7, 11) is 5.79. The number of para-hydroxylation sites is 1. The molecule has 1 fully saturated rings. The Labute approximate surface area is 143 Å². The molecular formula is C18H27N5O. The van der Waals surface area contributed by atoms with Gasteiger partial charge in [0.05, 0.1) is 12.1 Å². The van der Waals surface area contributed by atoms with Gasteiger partial charge in [0.25, 0.3) is 0 Å². The molecule has 1 saturated heterocycles. The normalized spacial score (nSPS) is 18.7. The number of nitrogens with zero attached hydrogens (tertiary/aromatic N) is 4. The van der Waals surface area contributed by atoms with Crippen molar-refractivity contribution in [3.8, 4) is 0 Å². The molecule has 1 unspecified atom stereocenters. The topological polar surface area (TPSA) is 53.5 Å². The zero-order valence-electron chi connectivity index (χ0n) is 14.8. The van der Waals surface area contributed by atoms with E-state index >= 15 is 0 Å². The molecule has 2 aromatic rings. The Hall–Kier alpha value is -1.92. The number of piperidine rings is 1. The van der Waals surface area contributed by atoms with Gasteiger partial charge in [-0.2, -0.15) is 4.98 Å². The van der Waals surface area contributed by atoms with E-state index < -0.39 is 0 Å². The molecule has 0 spiro atoms. The number of aromatic nitrogens is 2. The van der Waals surface area contributed by atoms with Gasteiger partial charge in [0, 0.05) is 45.7 Å². The zero-order chi connectivity index (χ0) is 16.9. The lowest BCUT2D eigenvalue weighted by atomic mass is 10.1. The lowest BCUT2D eigenvalue weighted by Crippen LogP contribution is -2.43. The van der Waals surface area contributed by atoms with Crippen LogP contribution in [0.3, 0.4) is 0 Å². The van der Waals surface area contributed by atoms with Gasteiger partial charge in [0.15, 0.2) is 0 Å². The van der Waals surface area contributed by atoms with Gasteiger partial charge in [-0.1, -0.05) is 12.1 Å². The van der Waals surface area contributed by atoms with Crippen LogP contribution < -0.4 is 10.2 Å². The van der Waals surface area contributed by atoms with Gasteiger partial charge in [0.1, 0.15) is 5.82 Å². The fourth-order valence-corrected chi connectivity index (χ4v) is 3.24. The minimum Gasteiger partial charge on any atom is -0.383 e. The standard InChI is InChI=1S/C18H27N5O/c1-22(2)17-15-8-4-5-9-16(15)20-18(21-17)19-14-7-6-10-23(13-14)11-12-24-3/h4-5,8-9,14H,6-7,10-13H2,1-3H3,(H,19,20,21). The largest absolute Gasteiger partial charge is 0.383 e. The highest BCUT2D eigenvalue weighted by molar-refractivity contribution is 5.90. The fourth-order valence-electron chi connectivity index (χ4n) is 3.24. The quantitative estimate of drug-likeness (QED) is 0.877. The van der Waals surface area contributed by atoms with Crippen molar-refractivity contribution in [1.82, 2.24) is 14.9 Å². The van der Waals surface area contributed by atoms with E-state index in [2.05, 4.69) is 16.3 Å². The molecule has 0 saturated carbocycles. The number of methoxy groups -OCH3 is 1. The van der Waals surface area contributed by atoms with Gasteiger partial charge in [-0.3, -0.25) is 4.90 Å². The molecule has 24 heavy (non-hydrogen) atoms. The van der Waals surface area contributed by atoms with E-state index in [1.165, 1.54) is 6.42 Å². The summed E-state index contributed by atoms with van der Waals surface area (Å²) in [5.74, 6) is 1.67. The van der Waals surface area contributed by atoms with Gasteiger partial charge >= 0.3 is 0 Å². The maximum Gasteiger partial charge on any atom is 0.225 e. The lowest BCUT2D eigenvalue weighted by molar-refractivity contribution is 0.131. The van der Waals surface area contributed by atoms with Crippen LogP contribution in [0.5, 0.6) is 0 Å². The van der Waals surface area contributed by atoms with Crippen molar-refractivity contribution in [3.63, 3.8) is 0 Å². The molecule has 0 amide bonds. The smallest absolute Gasteiger partial charge is 0.225 e. The average molecular weight is 329 g/mol. The summed E-state index contributed by atoms with van der Waals surface area (Å²) in [5, 5.41) is 4.63. The van der Waals surface area contributed by atoms with E-state index in [0.717, 1.165) is 55.3 Å². The predicted octanol–water partition coefficient (Wildman–Crippen LogP) is 2.22. The van der Waals surface area contributed by atoms with Crippen molar-refractivity contribution >= 4 is 22.7 Å². The second kappa shape index (κ2) is 7.77. The molecule has 130 valence electrons. The number of hydrogen-bond acceptors (Lipinski definition) is 6. The average Bonchev–Trinajstić information content (AvgIpc) is 2.59. The number of rotatable bonds is 6. The highest BCUT2D eigenvalue weighted by Crippen LogP contribution is 2.24. The van der Waals surface area contributed by atoms with Gasteiger partial charge in [-0.15, -0.1) is 0 Å². The maximum absolute atomic E-state index is 5.20. The van der Waals surface area contributed by atoms with Crippen molar-refractivity contribution in [3.05, 3.63) is 24.3 Å². The number of anilines is 2. The Morgan fingerprint density at radius 1 is 1.29 bits per heavy atom. The molecule has 1 aliphatic heterocycles. The number of likely N-dealkylation sites (tertiary alicyclic amines) is 1. The SMILES string of the molecule is COCCN1CCCC(Nc2nc(N(C)C)c3ccccc3n2)C1. The van der Waals surface area contributed by atoms with Crippen molar-refractivity contribution in [2.45, 2.75) is 18.9 Å². The molecule has 1 aromatic heterocycles. The van der Waals surface area contributed by atoms with Crippen LogP contribution in [0, 0.1) is 0 Å². The number of nitrogens with one attached hydrogen (secondary N) is 1. The molecule has 2 heterocycles. The highest BCUT2D eigenvalue weighted by atomic mass is 16.5. The van der Waals surface area contributed by atoms with Crippen molar-refractivity contribution in [1.29, 1.82) is 0 Å². The summed E-state index contributed by atoms with van der Waals surface area (Å²) in [4.78, 5) is 13.9. The highest BCUT2D eigenvalue weighted by Gasteiger charge is 2.20. The third-order valence-electron chi connectivity index (χ3n) is 4.46. The molecule has 1 aromatic carbocycles. The third kappa shape index (κ3) is 3.94. The summed E-state index contributed by atoms with van der Waals surface area (Å²) in [6.07, 6.45) is 2.34. The first kappa shape index (κ1) is 16.9. The molecule has 0 aliphatic carbocycles. The number of benzene rings is 1. The van der Waals surface area contributed by atoms with Crippen LogP contribution >= 0.6 is 0 Å². The van der Waals surface area contributed by atoms with Crippen LogP contribution in [0.4, 0.5) is 11.8 Å². The minimum atomic E-state index is 0.381. The van der Waals surface area contributed by atoms with Gasteiger partial charge < -0.3 is 15.0 Å². The Morgan fingerprint density at radius 2 is 2.12 bits per heavy atom. The van der Waals surface area contributed by atoms with E-state index in [9.17, 15) is 0 Å². The molecule has 1 aliphatic rings. The van der Waals surface area contributed by atoms with Crippen LogP contribution in [-0.4, -0.2) is 68.4 Å². The maximum atomic E-state index is 5.20. The van der Waals surface area contributed by atoms with E-state index in [0.29, 0.717) is 6.04 Å². The zero-order valence-corrected chi connectivity index (χ0v) is 14.8. The fraction of sp³-hybridized carbons (Fsp3) is 0.556. The van der Waals surface area contributed by atoms with Crippen LogP contribution in [0.1, 0.15) is 12.8 Å². The van der Waals surface area contributed by atoms with Crippen LogP contribution in [0.25, 0.3) is 10.9 Å². The van der Waals surface area contributed by atoms with Gasteiger partial charge in [-0.05, 0) is 31.5 Å². The second-order valence-corrected chi connectivity index (χ2v) is 6.56. The predicted molar refractivity (Wildman–Crippen MR) is 98.8 cm³/mol. The van der Waals surface area contributed by atoms with Crippen molar-refractivity contribution < 1.29 is 4.74 Å². The Morgan fingerprint density at radius 3 is 2.92 bits per heavy atom. The lowest BCUT2D eigenvalue weighted by Gasteiger charge is -2.33. The van der Waals surface area contributed by atoms with Crippen molar-refractivity contribution in [2.75, 3.05) is 57.7 Å². The molecule has 1 atom stereocenters. The Kier molecular flexibility index (Phi) is 5.48. The van der Waals surface area contributed by atoms with Crippen LogP contribution in [-0.2, 0) is 4.74 Å². The molecule has 6 heteroatoms. The Balaban J connectivity index is 1.77. The monoisotopic (exact) mass is 329 g/mol. The first-order valence-corrected chi connectivity index (χ1v) is 8.59. The number of fused-ring (bicyclic) bond motifs is 1. The number of ether oxygens (including phenoxy) is 1. The van der Waals surface area contributed by atoms with E-state index in [4.69, 9.17) is 14.7 Å². The van der Waals surface area contributed by atoms with E-state index in [1.54, 1.807) is 7.11 Å². The summed E-state index contributed by atoms with van der Waals surface area (Å²) in [6.45, 7) is 3.92. The van der Waals surface area contributed by atoms with Gasteiger partial charge in [-0.25, -0.2) is 4.98 Å². The minimum absolute atomic E-state index is 0.381. The third-order valence-corrected chi connectivity index (χ3v) is 4.46. The molecule has 6 nitrogen and oxygen atoms in total. The van der Waals surface area contributed by atoms with Crippen LogP contribution in [0.15, 0.2) is 24.3 Å². The summed E-state index contributed by atoms with van der Waals surface area (Å²) < 4.78 is 5.20. The van der Waals surface area contributed by atoms with E-state index in [1.807, 2.05) is 37.2 Å². The first-order chi connectivity index (χ1) is 11.7. The second-order valence-electron chi connectivity index (χ2n) is 6.56. The van der Waals surface area contributed by atoms with Crippen LogP contribution in [0.2, 0.25) is 0 Å². The Bertz CT molecular complexity index is 676. The molecule has 3 rings (SSSR count). The summed E-state index contributed by atoms with van der Waals surface area (Å²) >= 11 is 0. The molecule has 0 radical (unpaired) electrons. The molecule has 0 bridgehead atoms. The first-order valence-electron chi connectivity index (χ1n) is 8.59. The number of hydrogen-bond donors (Lipinski definition) is 1. The molecular weight excluding hydrogens is 302 g/mol. The summed E-state index contributed by atoms with van der Waals surface area (Å²) in [5.41, 5.74) is 0.978. The van der Waals surface area contributed by atoms with Crippen molar-refractivity contribution in [2.24, 2.45) is 0 Å². The van der Waals surface area contributed by atoms with E-state index in [-0.39, 0.29) is 0 Å². The summed E-state index contributed by atoms with van der Waals surface area (Å²) in [6, 6.07) is 8.54. The van der Waals surface area contributed by atoms with Gasteiger partial charge in [0.2, 0.25) is 5.95 Å². The molecule has 1 N–H and O–H groups in total.